The van der Waals surface area contributed by atoms with E-state index < -0.39 is 0 Å². The largest absolute Gasteiger partial charge is 0.260 e. The number of fused-ring (bicyclic) bond motifs is 3. The average molecular weight is 322 g/mol. The molecule has 4 nitrogen and oxygen atoms in total. The van der Waals surface area contributed by atoms with Gasteiger partial charge in [-0.3, -0.25) is 4.40 Å². The number of rotatable bonds is 3. The Bertz CT molecular complexity index is 1010. The summed E-state index contributed by atoms with van der Waals surface area (Å²) in [6.07, 6.45) is 0. The van der Waals surface area contributed by atoms with Crippen LogP contribution < -0.4 is 0 Å². The number of thioether (sulfide) groups is 1. The molecule has 0 unspecified atom stereocenters. The van der Waals surface area contributed by atoms with Gasteiger partial charge in [0.1, 0.15) is 0 Å². The number of hydrogen-bond donors (Lipinski definition) is 0. The summed E-state index contributed by atoms with van der Waals surface area (Å²) in [5, 5.41) is 18.4. The zero-order chi connectivity index (χ0) is 14.9. The standard InChI is InChI=1S/C16H10N4S2/c17-9-11-4-3-5-12(8-11)10-21-15-18-19-16-20(15)13-6-1-2-7-14(13)22-16/h1-8H,10H2. The molecular weight excluding hydrogens is 312 g/mol. The molecule has 22 heavy (non-hydrogen) atoms. The highest BCUT2D eigenvalue weighted by atomic mass is 32.2. The van der Waals surface area contributed by atoms with Crippen molar-refractivity contribution in [1.82, 2.24) is 14.6 Å². The molecule has 6 heteroatoms. The molecule has 0 N–H and O–H groups in total. The Morgan fingerprint density at radius 1 is 1.14 bits per heavy atom. The Labute approximate surface area is 135 Å². The van der Waals surface area contributed by atoms with E-state index in [4.69, 9.17) is 5.26 Å². The maximum absolute atomic E-state index is 8.96. The Hall–Kier alpha value is -2.36. The van der Waals surface area contributed by atoms with Gasteiger partial charge in [-0.1, -0.05) is 47.4 Å². The molecule has 0 fully saturated rings. The summed E-state index contributed by atoms with van der Waals surface area (Å²) in [4.78, 5) is 0.912. The van der Waals surface area contributed by atoms with Crippen LogP contribution >= 0.6 is 23.1 Å². The zero-order valence-electron chi connectivity index (χ0n) is 11.4. The Morgan fingerprint density at radius 3 is 2.95 bits per heavy atom. The van der Waals surface area contributed by atoms with Gasteiger partial charge in [-0.25, -0.2) is 0 Å². The lowest BCUT2D eigenvalue weighted by molar-refractivity contribution is 0.940. The minimum atomic E-state index is 0.686. The monoisotopic (exact) mass is 322 g/mol. The number of hydrogen-bond acceptors (Lipinski definition) is 5. The van der Waals surface area contributed by atoms with Gasteiger partial charge >= 0.3 is 0 Å². The summed E-state index contributed by atoms with van der Waals surface area (Å²) in [7, 11) is 0. The summed E-state index contributed by atoms with van der Waals surface area (Å²) in [6.45, 7) is 0. The fourth-order valence-electron chi connectivity index (χ4n) is 2.33. The summed E-state index contributed by atoms with van der Waals surface area (Å²) >= 11 is 3.28. The number of aromatic nitrogens is 3. The molecule has 0 amide bonds. The third kappa shape index (κ3) is 2.25. The number of para-hydroxylation sites is 1. The van der Waals surface area contributed by atoms with Crippen molar-refractivity contribution in [2.75, 3.05) is 0 Å². The second-order valence-electron chi connectivity index (χ2n) is 4.77. The number of benzene rings is 2. The molecule has 4 aromatic rings. The minimum Gasteiger partial charge on any atom is -0.260 e. The van der Waals surface area contributed by atoms with Crippen LogP contribution in [0.1, 0.15) is 11.1 Å². The molecule has 0 aliphatic rings. The molecule has 0 aliphatic heterocycles. The topological polar surface area (TPSA) is 54.0 Å². The van der Waals surface area contributed by atoms with E-state index in [0.29, 0.717) is 5.56 Å². The van der Waals surface area contributed by atoms with E-state index in [9.17, 15) is 0 Å². The molecule has 2 heterocycles. The highest BCUT2D eigenvalue weighted by Gasteiger charge is 2.12. The molecular formula is C16H10N4S2. The van der Waals surface area contributed by atoms with Crippen molar-refractivity contribution in [2.24, 2.45) is 0 Å². The lowest BCUT2D eigenvalue weighted by Crippen LogP contribution is -1.87. The molecule has 4 rings (SSSR count). The van der Waals surface area contributed by atoms with Gasteiger partial charge in [0.25, 0.3) is 0 Å². The first-order chi connectivity index (χ1) is 10.8. The van der Waals surface area contributed by atoms with Gasteiger partial charge in [0.15, 0.2) is 5.16 Å². The van der Waals surface area contributed by atoms with Gasteiger partial charge in [-0.2, -0.15) is 5.26 Å². The first kappa shape index (κ1) is 13.3. The van der Waals surface area contributed by atoms with E-state index in [-0.39, 0.29) is 0 Å². The summed E-state index contributed by atoms with van der Waals surface area (Å²) < 4.78 is 3.31. The SMILES string of the molecule is N#Cc1cccc(CSc2nnc3sc4ccccc4n23)c1. The molecule has 106 valence electrons. The van der Waals surface area contributed by atoms with Gasteiger partial charge in [0, 0.05) is 5.75 Å². The second kappa shape index (κ2) is 5.44. The van der Waals surface area contributed by atoms with Crippen LogP contribution in [0.3, 0.4) is 0 Å². The van der Waals surface area contributed by atoms with Crippen molar-refractivity contribution in [3.05, 3.63) is 59.7 Å². The zero-order valence-corrected chi connectivity index (χ0v) is 13.1. The fourth-order valence-corrected chi connectivity index (χ4v) is 4.24. The minimum absolute atomic E-state index is 0.686. The molecule has 0 atom stereocenters. The van der Waals surface area contributed by atoms with E-state index in [2.05, 4.69) is 32.8 Å². The quantitative estimate of drug-likeness (QED) is 0.533. The Morgan fingerprint density at radius 2 is 2.05 bits per heavy atom. The maximum Gasteiger partial charge on any atom is 0.217 e. The van der Waals surface area contributed by atoms with Crippen LogP contribution in [0.25, 0.3) is 15.2 Å². The number of thiazole rings is 1. The van der Waals surface area contributed by atoms with Crippen molar-refractivity contribution in [3.63, 3.8) is 0 Å². The molecule has 0 saturated carbocycles. The van der Waals surface area contributed by atoms with Gasteiger partial charge in [-0.05, 0) is 29.8 Å². The highest BCUT2D eigenvalue weighted by molar-refractivity contribution is 7.98. The number of nitriles is 1. The molecule has 2 aromatic heterocycles. The lowest BCUT2D eigenvalue weighted by atomic mass is 10.2. The molecule has 0 bridgehead atoms. The average Bonchev–Trinajstić information content (AvgIpc) is 3.12. The van der Waals surface area contributed by atoms with Crippen LogP contribution in [0.5, 0.6) is 0 Å². The van der Waals surface area contributed by atoms with E-state index in [1.807, 2.05) is 36.4 Å². The van der Waals surface area contributed by atoms with Crippen LogP contribution in [-0.4, -0.2) is 14.6 Å². The summed E-state index contributed by atoms with van der Waals surface area (Å²) in [5.41, 5.74) is 2.94. The van der Waals surface area contributed by atoms with E-state index in [1.165, 1.54) is 4.70 Å². The maximum atomic E-state index is 8.96. The van der Waals surface area contributed by atoms with Gasteiger partial charge < -0.3 is 0 Å². The van der Waals surface area contributed by atoms with Crippen molar-refractivity contribution < 1.29 is 0 Å². The number of nitrogens with zero attached hydrogens (tertiary/aromatic N) is 4. The van der Waals surface area contributed by atoms with Gasteiger partial charge in [0.2, 0.25) is 4.96 Å². The molecule has 2 aromatic carbocycles. The predicted octanol–water partition coefficient (Wildman–Crippen LogP) is 4.11. The van der Waals surface area contributed by atoms with Crippen molar-refractivity contribution in [3.8, 4) is 6.07 Å². The van der Waals surface area contributed by atoms with E-state index in [1.54, 1.807) is 23.1 Å². The van der Waals surface area contributed by atoms with Crippen molar-refractivity contribution in [1.29, 1.82) is 5.26 Å². The van der Waals surface area contributed by atoms with Crippen LogP contribution in [0, 0.1) is 11.3 Å². The third-order valence-electron chi connectivity index (χ3n) is 3.34. The molecule has 0 aliphatic carbocycles. The normalized spacial score (nSPS) is 11.0. The smallest absolute Gasteiger partial charge is 0.217 e. The van der Waals surface area contributed by atoms with Crippen LogP contribution in [0.15, 0.2) is 53.7 Å². The lowest BCUT2D eigenvalue weighted by Gasteiger charge is -2.01. The third-order valence-corrected chi connectivity index (χ3v) is 5.35. The van der Waals surface area contributed by atoms with Crippen molar-refractivity contribution >= 4 is 38.3 Å². The first-order valence-electron chi connectivity index (χ1n) is 6.69. The highest BCUT2D eigenvalue weighted by Crippen LogP contribution is 2.30. The van der Waals surface area contributed by atoms with Crippen LogP contribution in [-0.2, 0) is 5.75 Å². The van der Waals surface area contributed by atoms with Gasteiger partial charge in [-0.15, -0.1) is 10.2 Å². The Balaban J connectivity index is 1.68. The predicted molar refractivity (Wildman–Crippen MR) is 89.1 cm³/mol. The first-order valence-corrected chi connectivity index (χ1v) is 8.50. The second-order valence-corrected chi connectivity index (χ2v) is 6.72. The van der Waals surface area contributed by atoms with Crippen LogP contribution in [0.2, 0.25) is 0 Å². The Kier molecular flexibility index (Phi) is 3.29. The summed E-state index contributed by atoms with van der Waals surface area (Å²) in [6, 6.07) is 18.1. The molecule has 0 spiro atoms. The fraction of sp³-hybridized carbons (Fsp3) is 0.0625. The summed E-state index contributed by atoms with van der Waals surface area (Å²) in [5.74, 6) is 0.764. The van der Waals surface area contributed by atoms with E-state index >= 15 is 0 Å². The van der Waals surface area contributed by atoms with Crippen molar-refractivity contribution in [2.45, 2.75) is 10.9 Å². The van der Waals surface area contributed by atoms with Gasteiger partial charge in [0.05, 0.1) is 21.8 Å². The molecule has 0 saturated heterocycles. The van der Waals surface area contributed by atoms with Crippen LogP contribution in [0.4, 0.5) is 0 Å². The molecule has 0 radical (unpaired) electrons. The van der Waals surface area contributed by atoms with E-state index in [0.717, 1.165) is 27.0 Å².